The lowest BCUT2D eigenvalue weighted by Crippen LogP contribution is -2.39. The normalized spacial score (nSPS) is 15.7. The van der Waals surface area contributed by atoms with E-state index in [4.69, 9.17) is 11.6 Å². The van der Waals surface area contributed by atoms with E-state index in [1.807, 2.05) is 47.8 Å². The average molecular weight is 438 g/mol. The van der Waals surface area contributed by atoms with Crippen molar-refractivity contribution in [3.05, 3.63) is 93.1 Å². The maximum Gasteiger partial charge on any atom is 0.262 e. The van der Waals surface area contributed by atoms with Crippen LogP contribution in [0.5, 0.6) is 0 Å². The molecule has 5 nitrogen and oxygen atoms in total. The lowest BCUT2D eigenvalue weighted by molar-refractivity contribution is -0.133. The Morgan fingerprint density at radius 1 is 1.10 bits per heavy atom. The topological polar surface area (TPSA) is 53.0 Å². The molecule has 1 aliphatic rings. The van der Waals surface area contributed by atoms with Crippen molar-refractivity contribution in [3.8, 4) is 0 Å². The minimum absolute atomic E-state index is 0.0887. The summed E-state index contributed by atoms with van der Waals surface area (Å²) in [6.45, 7) is -0.0887. The highest BCUT2D eigenvalue weighted by atomic mass is 35.5. The van der Waals surface area contributed by atoms with E-state index in [-0.39, 0.29) is 24.4 Å². The number of thiophene rings is 1. The zero-order valence-corrected chi connectivity index (χ0v) is 17.9. The molecule has 0 radical (unpaired) electrons. The summed E-state index contributed by atoms with van der Waals surface area (Å²) in [6.07, 6.45) is 0.637. The lowest BCUT2D eigenvalue weighted by atomic mass is 10.0. The van der Waals surface area contributed by atoms with Crippen molar-refractivity contribution in [1.29, 1.82) is 0 Å². The van der Waals surface area contributed by atoms with E-state index in [0.29, 0.717) is 17.0 Å². The third-order valence-electron chi connectivity index (χ3n) is 4.98. The molecule has 1 unspecified atom stereocenters. The zero-order chi connectivity index (χ0) is 21.1. The third kappa shape index (κ3) is 4.15. The molecule has 152 valence electrons. The summed E-state index contributed by atoms with van der Waals surface area (Å²) < 4.78 is 0. The molecule has 0 aliphatic carbocycles. The van der Waals surface area contributed by atoms with Crippen LogP contribution in [0, 0.1) is 0 Å². The van der Waals surface area contributed by atoms with Crippen LogP contribution in [0.2, 0.25) is 5.02 Å². The van der Waals surface area contributed by atoms with E-state index >= 15 is 0 Å². The smallest absolute Gasteiger partial charge is 0.262 e. The number of carbonyl (C=O) groups is 2. The summed E-state index contributed by atoms with van der Waals surface area (Å²) in [5, 5.41) is 8.51. The summed E-state index contributed by atoms with van der Waals surface area (Å²) in [4.78, 5) is 28.4. The van der Waals surface area contributed by atoms with Crippen LogP contribution in [0.4, 0.5) is 0 Å². The van der Waals surface area contributed by atoms with Crippen LogP contribution in [0.15, 0.2) is 77.2 Å². The predicted molar refractivity (Wildman–Crippen MR) is 120 cm³/mol. The van der Waals surface area contributed by atoms with Crippen molar-refractivity contribution in [2.24, 2.45) is 5.10 Å². The Morgan fingerprint density at radius 2 is 1.83 bits per heavy atom. The second kappa shape index (κ2) is 8.81. The zero-order valence-electron chi connectivity index (χ0n) is 16.4. The highest BCUT2D eigenvalue weighted by Gasteiger charge is 2.34. The summed E-state index contributed by atoms with van der Waals surface area (Å²) in [5.74, 6) is -0.537. The number of hydrogen-bond acceptors (Lipinski definition) is 4. The van der Waals surface area contributed by atoms with Gasteiger partial charge in [0.15, 0.2) is 0 Å². The van der Waals surface area contributed by atoms with E-state index in [9.17, 15) is 9.59 Å². The monoisotopic (exact) mass is 437 g/mol. The maximum absolute atomic E-state index is 13.2. The van der Waals surface area contributed by atoms with Gasteiger partial charge in [0, 0.05) is 13.5 Å². The van der Waals surface area contributed by atoms with Gasteiger partial charge in [-0.25, -0.2) is 5.01 Å². The van der Waals surface area contributed by atoms with Gasteiger partial charge in [-0.05, 0) is 29.1 Å². The molecular weight excluding hydrogens is 418 g/mol. The van der Waals surface area contributed by atoms with Crippen molar-refractivity contribution in [2.75, 3.05) is 13.6 Å². The number of rotatable bonds is 5. The van der Waals surface area contributed by atoms with Crippen molar-refractivity contribution in [3.63, 3.8) is 0 Å². The standard InChI is InChI=1S/C23H20ClN3O2S/c1-26(23(29)17-10-5-6-11-18(17)24)15-22(28)27-20(16-8-3-2-4-9-16)14-19(25-27)21-12-7-13-30-21/h2-13,20H,14-15H2,1H3. The van der Waals surface area contributed by atoms with Gasteiger partial charge in [0.1, 0.15) is 6.54 Å². The molecule has 1 aromatic heterocycles. The van der Waals surface area contributed by atoms with Gasteiger partial charge in [-0.1, -0.05) is 60.1 Å². The van der Waals surface area contributed by atoms with E-state index in [1.165, 1.54) is 9.91 Å². The first-order valence-electron chi connectivity index (χ1n) is 9.53. The molecule has 0 bridgehead atoms. The minimum Gasteiger partial charge on any atom is -0.332 e. The molecule has 1 atom stereocenters. The highest BCUT2D eigenvalue weighted by molar-refractivity contribution is 7.12. The first-order valence-corrected chi connectivity index (χ1v) is 10.8. The number of amides is 2. The lowest BCUT2D eigenvalue weighted by Gasteiger charge is -2.25. The van der Waals surface area contributed by atoms with Crippen LogP contribution in [-0.2, 0) is 4.79 Å². The maximum atomic E-state index is 13.2. The minimum atomic E-state index is -0.299. The molecule has 2 amide bonds. The van der Waals surface area contributed by atoms with E-state index < -0.39 is 0 Å². The molecule has 30 heavy (non-hydrogen) atoms. The number of hydrazone groups is 1. The molecule has 0 saturated heterocycles. The van der Waals surface area contributed by atoms with Gasteiger partial charge >= 0.3 is 0 Å². The molecule has 4 rings (SSSR count). The fourth-order valence-electron chi connectivity index (χ4n) is 3.45. The number of benzene rings is 2. The second-order valence-corrected chi connectivity index (χ2v) is 8.39. The van der Waals surface area contributed by atoms with Crippen LogP contribution in [0.25, 0.3) is 0 Å². The summed E-state index contributed by atoms with van der Waals surface area (Å²) >= 11 is 7.74. The van der Waals surface area contributed by atoms with Crippen LogP contribution in [0.3, 0.4) is 0 Å². The molecule has 3 aromatic rings. The number of likely N-dealkylation sites (N-methyl/N-ethyl adjacent to an activating group) is 1. The van der Waals surface area contributed by atoms with Crippen molar-refractivity contribution in [2.45, 2.75) is 12.5 Å². The second-order valence-electron chi connectivity index (χ2n) is 7.03. The molecule has 7 heteroatoms. The first-order chi connectivity index (χ1) is 14.5. The quantitative estimate of drug-likeness (QED) is 0.572. The Morgan fingerprint density at radius 3 is 2.53 bits per heavy atom. The Kier molecular flexibility index (Phi) is 5.97. The van der Waals surface area contributed by atoms with Crippen LogP contribution in [0.1, 0.15) is 33.3 Å². The number of nitrogens with zero attached hydrogens (tertiary/aromatic N) is 3. The van der Waals surface area contributed by atoms with Crippen molar-refractivity contribution >= 4 is 40.5 Å². The van der Waals surface area contributed by atoms with Gasteiger partial charge in [0.2, 0.25) is 0 Å². The van der Waals surface area contributed by atoms with E-state index in [2.05, 4.69) is 5.10 Å². The van der Waals surface area contributed by atoms with Crippen LogP contribution in [-0.4, -0.2) is 41.0 Å². The third-order valence-corrected chi connectivity index (χ3v) is 6.23. The van der Waals surface area contributed by atoms with E-state index in [0.717, 1.165) is 16.2 Å². The largest absolute Gasteiger partial charge is 0.332 e. The fourth-order valence-corrected chi connectivity index (χ4v) is 4.39. The number of halogens is 1. The summed E-state index contributed by atoms with van der Waals surface area (Å²) in [6, 6.07) is 20.5. The van der Waals surface area contributed by atoms with Gasteiger partial charge in [0.05, 0.1) is 27.2 Å². The molecular formula is C23H20ClN3O2S. The Hall–Kier alpha value is -2.96. The molecule has 0 fully saturated rings. The SMILES string of the molecule is CN(CC(=O)N1N=C(c2cccs2)CC1c1ccccc1)C(=O)c1ccccc1Cl. The molecule has 0 saturated carbocycles. The van der Waals surface area contributed by atoms with Crippen LogP contribution >= 0.6 is 22.9 Å². The van der Waals surface area contributed by atoms with Gasteiger partial charge in [0.25, 0.3) is 11.8 Å². The van der Waals surface area contributed by atoms with Gasteiger partial charge in [-0.15, -0.1) is 11.3 Å². The van der Waals surface area contributed by atoms with Crippen molar-refractivity contribution in [1.82, 2.24) is 9.91 Å². The van der Waals surface area contributed by atoms with Gasteiger partial charge < -0.3 is 4.90 Å². The first kappa shape index (κ1) is 20.3. The van der Waals surface area contributed by atoms with E-state index in [1.54, 1.807) is 42.6 Å². The number of carbonyl (C=O) groups excluding carboxylic acids is 2. The molecule has 0 N–H and O–H groups in total. The summed E-state index contributed by atoms with van der Waals surface area (Å²) in [7, 11) is 1.60. The summed E-state index contributed by atoms with van der Waals surface area (Å²) in [5.41, 5.74) is 2.27. The van der Waals surface area contributed by atoms with Gasteiger partial charge in [-0.3, -0.25) is 9.59 Å². The molecule has 2 heterocycles. The Bertz CT molecular complexity index is 1080. The molecule has 2 aromatic carbocycles. The average Bonchev–Trinajstić information content (AvgIpc) is 3.44. The predicted octanol–water partition coefficient (Wildman–Crippen LogP) is 4.85. The van der Waals surface area contributed by atoms with Crippen molar-refractivity contribution < 1.29 is 9.59 Å². The molecule has 1 aliphatic heterocycles. The molecule has 0 spiro atoms. The fraction of sp³-hybridized carbons (Fsp3) is 0.174. The Labute approximate surface area is 184 Å². The van der Waals surface area contributed by atoms with Crippen LogP contribution < -0.4 is 0 Å². The number of hydrogen-bond donors (Lipinski definition) is 0. The Balaban J connectivity index is 1.56. The highest BCUT2D eigenvalue weighted by Crippen LogP contribution is 2.33. The van der Waals surface area contributed by atoms with Gasteiger partial charge in [-0.2, -0.15) is 5.10 Å².